The molecule has 238 valence electrons. The van der Waals surface area contributed by atoms with Gasteiger partial charge in [-0.05, 0) is 91.2 Å². The van der Waals surface area contributed by atoms with E-state index in [4.69, 9.17) is 0 Å². The van der Waals surface area contributed by atoms with Gasteiger partial charge in [-0.1, -0.05) is 172 Å². The molecule has 8 aromatic rings. The molecular weight excluding hydrogens is 603 g/mol. The number of benzene rings is 8. The fourth-order valence-corrected chi connectivity index (χ4v) is 8.09. The Kier molecular flexibility index (Phi) is 7.21. The van der Waals surface area contributed by atoms with Crippen LogP contribution in [0.5, 0.6) is 0 Å². The van der Waals surface area contributed by atoms with Crippen LogP contribution in [0.4, 0.5) is 17.1 Å². The quantitative estimate of drug-likeness (QED) is 0.175. The fraction of sp³-hybridized carbons (Fsp3) is 0.0612. The summed E-state index contributed by atoms with van der Waals surface area (Å²) in [6.07, 6.45) is 0. The highest BCUT2D eigenvalue weighted by atomic mass is 15.1. The molecule has 50 heavy (non-hydrogen) atoms. The average molecular weight is 640 g/mol. The van der Waals surface area contributed by atoms with Crippen LogP contribution in [0.2, 0.25) is 0 Å². The van der Waals surface area contributed by atoms with Crippen LogP contribution in [0.1, 0.15) is 25.0 Å². The van der Waals surface area contributed by atoms with Crippen molar-refractivity contribution in [3.05, 3.63) is 199 Å². The molecule has 0 radical (unpaired) electrons. The standard InChI is InChI=1S/C49H37N/c1-49(2)44-28-16-27-42(41-26-15-14-24-39(41)34-17-6-3-7-18-34)48(44)43-31-30-38(33-45(43)49)50(37-22-10-5-11-23-37)46-32-29-35-19-12-13-25-40(35)47(46)36-20-8-4-9-21-36/h3-33H,1-2H3. The summed E-state index contributed by atoms with van der Waals surface area (Å²) in [5, 5.41) is 2.48. The van der Waals surface area contributed by atoms with E-state index in [2.05, 4.69) is 207 Å². The Hall–Kier alpha value is -6.18. The highest BCUT2D eigenvalue weighted by Gasteiger charge is 2.38. The van der Waals surface area contributed by atoms with Crippen LogP contribution in [0, 0.1) is 0 Å². The van der Waals surface area contributed by atoms with Crippen LogP contribution in [-0.4, -0.2) is 0 Å². The molecule has 1 aliphatic carbocycles. The van der Waals surface area contributed by atoms with E-state index in [1.165, 1.54) is 66.4 Å². The zero-order chi connectivity index (χ0) is 33.7. The van der Waals surface area contributed by atoms with Crippen LogP contribution in [0.15, 0.2) is 188 Å². The van der Waals surface area contributed by atoms with Gasteiger partial charge in [-0.2, -0.15) is 0 Å². The third-order valence-corrected chi connectivity index (χ3v) is 10.5. The van der Waals surface area contributed by atoms with Crippen LogP contribution in [0.3, 0.4) is 0 Å². The molecule has 0 saturated carbocycles. The number of hydrogen-bond donors (Lipinski definition) is 0. The van der Waals surface area contributed by atoms with Crippen LogP contribution in [0.25, 0.3) is 55.3 Å². The van der Waals surface area contributed by atoms with Crippen molar-refractivity contribution in [3.63, 3.8) is 0 Å². The normalized spacial score (nSPS) is 12.8. The summed E-state index contributed by atoms with van der Waals surface area (Å²) >= 11 is 0. The number of nitrogens with zero attached hydrogens (tertiary/aromatic N) is 1. The van der Waals surface area contributed by atoms with Crippen LogP contribution >= 0.6 is 0 Å². The smallest absolute Gasteiger partial charge is 0.0546 e. The molecule has 1 heteroatoms. The second-order valence-corrected chi connectivity index (χ2v) is 13.7. The van der Waals surface area contributed by atoms with Crippen molar-refractivity contribution in [1.29, 1.82) is 0 Å². The molecule has 0 fully saturated rings. The monoisotopic (exact) mass is 639 g/mol. The van der Waals surface area contributed by atoms with Crippen molar-refractivity contribution in [2.24, 2.45) is 0 Å². The number of rotatable bonds is 6. The third-order valence-electron chi connectivity index (χ3n) is 10.5. The number of anilines is 3. The number of para-hydroxylation sites is 1. The predicted octanol–water partition coefficient (Wildman–Crippen LogP) is 13.6. The van der Waals surface area contributed by atoms with Crippen LogP contribution < -0.4 is 4.90 Å². The highest BCUT2D eigenvalue weighted by molar-refractivity contribution is 6.06. The van der Waals surface area contributed by atoms with E-state index in [0.29, 0.717) is 0 Å². The molecule has 0 N–H and O–H groups in total. The maximum atomic E-state index is 2.44. The van der Waals surface area contributed by atoms with Gasteiger partial charge in [0.25, 0.3) is 0 Å². The van der Waals surface area contributed by atoms with Crippen molar-refractivity contribution < 1.29 is 0 Å². The van der Waals surface area contributed by atoms with Crippen molar-refractivity contribution in [2.45, 2.75) is 19.3 Å². The molecular formula is C49H37N. The van der Waals surface area contributed by atoms with E-state index >= 15 is 0 Å². The van der Waals surface area contributed by atoms with Gasteiger partial charge in [0.15, 0.2) is 0 Å². The topological polar surface area (TPSA) is 3.24 Å². The minimum absolute atomic E-state index is 0.188. The first-order chi connectivity index (χ1) is 24.6. The first kappa shape index (κ1) is 29.9. The van der Waals surface area contributed by atoms with E-state index < -0.39 is 0 Å². The van der Waals surface area contributed by atoms with Crippen molar-refractivity contribution in [1.82, 2.24) is 0 Å². The summed E-state index contributed by atoms with van der Waals surface area (Å²) in [4.78, 5) is 2.44. The maximum Gasteiger partial charge on any atom is 0.0546 e. The zero-order valence-electron chi connectivity index (χ0n) is 28.3. The SMILES string of the molecule is CC1(C)c2cc(N(c3ccccc3)c3ccc4ccccc4c3-c3ccccc3)ccc2-c2c(-c3ccccc3-c3ccccc3)cccc21. The summed E-state index contributed by atoms with van der Waals surface area (Å²) in [6, 6.07) is 68.5. The van der Waals surface area contributed by atoms with Gasteiger partial charge in [0.05, 0.1) is 5.69 Å². The molecule has 0 spiro atoms. The van der Waals surface area contributed by atoms with Gasteiger partial charge in [0, 0.05) is 22.4 Å². The van der Waals surface area contributed by atoms with E-state index in [1.807, 2.05) is 0 Å². The largest absolute Gasteiger partial charge is 0.310 e. The number of fused-ring (bicyclic) bond motifs is 4. The highest BCUT2D eigenvalue weighted by Crippen LogP contribution is 2.55. The third kappa shape index (κ3) is 4.85. The summed E-state index contributed by atoms with van der Waals surface area (Å²) in [7, 11) is 0. The molecule has 0 bridgehead atoms. The lowest BCUT2D eigenvalue weighted by atomic mass is 9.81. The molecule has 1 nitrogen and oxygen atoms in total. The van der Waals surface area contributed by atoms with Gasteiger partial charge in [-0.3, -0.25) is 0 Å². The Balaban J connectivity index is 1.26. The lowest BCUT2D eigenvalue weighted by molar-refractivity contribution is 0.660. The van der Waals surface area contributed by atoms with E-state index in [9.17, 15) is 0 Å². The van der Waals surface area contributed by atoms with Gasteiger partial charge < -0.3 is 4.90 Å². The molecule has 0 atom stereocenters. The van der Waals surface area contributed by atoms with Gasteiger partial charge >= 0.3 is 0 Å². The minimum Gasteiger partial charge on any atom is -0.310 e. The van der Waals surface area contributed by atoms with Crippen molar-refractivity contribution in [2.75, 3.05) is 4.90 Å². The second-order valence-electron chi connectivity index (χ2n) is 13.7. The van der Waals surface area contributed by atoms with E-state index in [1.54, 1.807) is 0 Å². The average Bonchev–Trinajstić information content (AvgIpc) is 3.41. The summed E-state index contributed by atoms with van der Waals surface area (Å²) in [5.41, 5.74) is 16.1. The fourth-order valence-electron chi connectivity index (χ4n) is 8.09. The Morgan fingerprint density at radius 3 is 1.76 bits per heavy atom. The Bertz CT molecular complexity index is 2490. The zero-order valence-corrected chi connectivity index (χ0v) is 28.3. The van der Waals surface area contributed by atoms with Gasteiger partial charge in [-0.25, -0.2) is 0 Å². The maximum absolute atomic E-state index is 2.44. The van der Waals surface area contributed by atoms with E-state index in [0.717, 1.165) is 17.1 Å². The first-order valence-corrected chi connectivity index (χ1v) is 17.5. The lowest BCUT2D eigenvalue weighted by Gasteiger charge is -2.30. The Labute approximate surface area is 294 Å². The second kappa shape index (κ2) is 12.1. The van der Waals surface area contributed by atoms with E-state index in [-0.39, 0.29) is 5.41 Å². The molecule has 9 rings (SSSR count). The van der Waals surface area contributed by atoms with Gasteiger partial charge in [-0.15, -0.1) is 0 Å². The molecule has 0 amide bonds. The molecule has 0 aromatic heterocycles. The van der Waals surface area contributed by atoms with Gasteiger partial charge in [0.1, 0.15) is 0 Å². The Morgan fingerprint density at radius 2 is 1.00 bits per heavy atom. The number of hydrogen-bond acceptors (Lipinski definition) is 1. The predicted molar refractivity (Wildman–Crippen MR) is 213 cm³/mol. The molecule has 0 heterocycles. The molecule has 0 unspecified atom stereocenters. The molecule has 0 saturated heterocycles. The summed E-state index contributed by atoms with van der Waals surface area (Å²) in [5.74, 6) is 0. The first-order valence-electron chi connectivity index (χ1n) is 17.5. The van der Waals surface area contributed by atoms with Crippen molar-refractivity contribution >= 4 is 27.8 Å². The summed E-state index contributed by atoms with van der Waals surface area (Å²) < 4.78 is 0. The minimum atomic E-state index is -0.188. The van der Waals surface area contributed by atoms with Crippen LogP contribution in [-0.2, 0) is 5.41 Å². The molecule has 8 aromatic carbocycles. The summed E-state index contributed by atoms with van der Waals surface area (Å²) in [6.45, 7) is 4.76. The Morgan fingerprint density at radius 1 is 0.380 bits per heavy atom. The molecule has 0 aliphatic heterocycles. The van der Waals surface area contributed by atoms with Crippen molar-refractivity contribution in [3.8, 4) is 44.5 Å². The lowest BCUT2D eigenvalue weighted by Crippen LogP contribution is -2.17. The van der Waals surface area contributed by atoms with Gasteiger partial charge in [0.2, 0.25) is 0 Å². The molecule has 1 aliphatic rings.